The molecule has 0 radical (unpaired) electrons. The molecular weight excluding hydrogens is 248 g/mol. The number of hydrogen-bond acceptors (Lipinski definition) is 3. The van der Waals surface area contributed by atoms with Gasteiger partial charge in [-0.05, 0) is 37.0 Å². The van der Waals surface area contributed by atoms with Crippen molar-refractivity contribution in [1.82, 2.24) is 5.43 Å². The summed E-state index contributed by atoms with van der Waals surface area (Å²) in [4.78, 5) is 0. The monoisotopic (exact) mass is 276 g/mol. The van der Waals surface area contributed by atoms with Crippen LogP contribution in [0.2, 0.25) is 0 Å². The second-order valence-corrected chi connectivity index (χ2v) is 5.81. The van der Waals surface area contributed by atoms with Crippen LogP contribution in [0.25, 0.3) is 0 Å². The summed E-state index contributed by atoms with van der Waals surface area (Å²) >= 11 is 0. The maximum absolute atomic E-state index is 5.85. The summed E-state index contributed by atoms with van der Waals surface area (Å²) < 4.78 is 5.85. The molecule has 1 saturated carbocycles. The normalized spacial score (nSPS) is 16.1. The third-order valence-corrected chi connectivity index (χ3v) is 3.89. The lowest BCUT2D eigenvalue weighted by molar-refractivity contribution is 0.302. The molecule has 0 aliphatic heterocycles. The number of unbranched alkanes of at least 4 members (excludes halogenated alkanes) is 4. The van der Waals surface area contributed by atoms with Gasteiger partial charge in [-0.1, -0.05) is 51.2 Å². The van der Waals surface area contributed by atoms with E-state index in [0.717, 1.165) is 12.2 Å². The number of hydrogen-bond donors (Lipinski definition) is 2. The molecule has 112 valence electrons. The Morgan fingerprint density at radius 3 is 2.75 bits per heavy atom. The lowest BCUT2D eigenvalue weighted by Gasteiger charge is -2.17. The first-order chi connectivity index (χ1) is 9.83. The Balaban J connectivity index is 1.82. The number of hydrazine groups is 1. The van der Waals surface area contributed by atoms with E-state index in [0.29, 0.717) is 6.10 Å². The number of nitrogens with one attached hydrogen (secondary N) is 1. The highest BCUT2D eigenvalue weighted by Crippen LogP contribution is 2.29. The molecule has 1 aromatic carbocycles. The average molecular weight is 276 g/mol. The SMILES string of the molecule is CCCCCCCC(NN)c1cccc(OC2CC2)c1. The topological polar surface area (TPSA) is 47.3 Å². The van der Waals surface area contributed by atoms with Crippen molar-refractivity contribution in [2.45, 2.75) is 70.4 Å². The fraction of sp³-hybridized carbons (Fsp3) is 0.647. The van der Waals surface area contributed by atoms with E-state index < -0.39 is 0 Å². The van der Waals surface area contributed by atoms with Crippen LogP contribution in [0.4, 0.5) is 0 Å². The van der Waals surface area contributed by atoms with Crippen LogP contribution in [0.1, 0.15) is 69.9 Å². The van der Waals surface area contributed by atoms with Crippen LogP contribution < -0.4 is 16.0 Å². The van der Waals surface area contributed by atoms with Crippen LogP contribution in [-0.4, -0.2) is 6.10 Å². The first-order valence-corrected chi connectivity index (χ1v) is 8.06. The Morgan fingerprint density at radius 2 is 2.05 bits per heavy atom. The van der Waals surface area contributed by atoms with Crippen LogP contribution in [0.3, 0.4) is 0 Å². The van der Waals surface area contributed by atoms with Crippen molar-refractivity contribution >= 4 is 0 Å². The Hall–Kier alpha value is -1.06. The van der Waals surface area contributed by atoms with Gasteiger partial charge in [-0.25, -0.2) is 0 Å². The van der Waals surface area contributed by atoms with E-state index in [-0.39, 0.29) is 6.04 Å². The largest absolute Gasteiger partial charge is 0.490 e. The molecule has 0 spiro atoms. The number of ether oxygens (including phenoxy) is 1. The van der Waals surface area contributed by atoms with Crippen LogP contribution in [0.5, 0.6) is 5.75 Å². The zero-order valence-electron chi connectivity index (χ0n) is 12.6. The van der Waals surface area contributed by atoms with E-state index in [9.17, 15) is 0 Å². The summed E-state index contributed by atoms with van der Waals surface area (Å²) in [6.07, 6.45) is 10.4. The molecule has 1 aliphatic rings. The number of nitrogens with two attached hydrogens (primary N) is 1. The van der Waals surface area contributed by atoms with E-state index in [1.54, 1.807) is 0 Å². The molecule has 3 heteroatoms. The number of rotatable bonds is 10. The van der Waals surface area contributed by atoms with Gasteiger partial charge in [0, 0.05) is 6.04 Å². The average Bonchev–Trinajstić information content (AvgIpc) is 3.27. The molecule has 1 atom stereocenters. The van der Waals surface area contributed by atoms with Crippen LogP contribution in [0, 0.1) is 0 Å². The summed E-state index contributed by atoms with van der Waals surface area (Å²) in [6, 6.07) is 8.61. The molecule has 20 heavy (non-hydrogen) atoms. The lowest BCUT2D eigenvalue weighted by Crippen LogP contribution is -2.28. The molecule has 2 rings (SSSR count). The van der Waals surface area contributed by atoms with Gasteiger partial charge >= 0.3 is 0 Å². The minimum atomic E-state index is 0.236. The van der Waals surface area contributed by atoms with Gasteiger partial charge in [0.1, 0.15) is 5.75 Å². The minimum Gasteiger partial charge on any atom is -0.490 e. The molecule has 3 N–H and O–H groups in total. The molecule has 1 aliphatic carbocycles. The molecule has 1 aromatic rings. The zero-order valence-corrected chi connectivity index (χ0v) is 12.6. The van der Waals surface area contributed by atoms with E-state index >= 15 is 0 Å². The summed E-state index contributed by atoms with van der Waals surface area (Å²) in [6.45, 7) is 2.25. The summed E-state index contributed by atoms with van der Waals surface area (Å²) in [5, 5.41) is 0. The highest BCUT2D eigenvalue weighted by molar-refractivity contribution is 5.31. The van der Waals surface area contributed by atoms with Gasteiger partial charge in [-0.15, -0.1) is 0 Å². The van der Waals surface area contributed by atoms with Gasteiger partial charge in [-0.2, -0.15) is 0 Å². The Morgan fingerprint density at radius 1 is 1.25 bits per heavy atom. The molecule has 0 saturated heterocycles. The zero-order chi connectivity index (χ0) is 14.2. The van der Waals surface area contributed by atoms with Crippen LogP contribution >= 0.6 is 0 Å². The van der Waals surface area contributed by atoms with E-state index in [1.807, 2.05) is 6.07 Å². The van der Waals surface area contributed by atoms with Gasteiger partial charge in [0.05, 0.1) is 6.10 Å². The Labute approximate surface area is 122 Å². The molecule has 0 aromatic heterocycles. The predicted molar refractivity (Wildman–Crippen MR) is 83.5 cm³/mol. The minimum absolute atomic E-state index is 0.236. The molecule has 0 bridgehead atoms. The van der Waals surface area contributed by atoms with Gasteiger partial charge in [0.2, 0.25) is 0 Å². The predicted octanol–water partition coefficient (Wildman–Crippen LogP) is 4.09. The summed E-state index contributed by atoms with van der Waals surface area (Å²) in [7, 11) is 0. The standard InChI is InChI=1S/C17H28N2O/c1-2-3-4-5-6-10-17(19-18)14-8-7-9-16(13-14)20-15-11-12-15/h7-9,13,15,17,19H,2-6,10-12,18H2,1H3. The molecule has 3 nitrogen and oxygen atoms in total. The second-order valence-electron chi connectivity index (χ2n) is 5.81. The molecular formula is C17H28N2O. The van der Waals surface area contributed by atoms with Crippen LogP contribution in [0.15, 0.2) is 24.3 Å². The number of benzene rings is 1. The molecule has 0 heterocycles. The third-order valence-electron chi connectivity index (χ3n) is 3.89. The van der Waals surface area contributed by atoms with E-state index in [1.165, 1.54) is 50.5 Å². The summed E-state index contributed by atoms with van der Waals surface area (Å²) in [5.41, 5.74) is 4.19. The van der Waals surface area contributed by atoms with Crippen molar-refractivity contribution in [2.24, 2.45) is 5.84 Å². The van der Waals surface area contributed by atoms with Crippen LogP contribution in [-0.2, 0) is 0 Å². The van der Waals surface area contributed by atoms with Crippen molar-refractivity contribution in [3.63, 3.8) is 0 Å². The van der Waals surface area contributed by atoms with Gasteiger partial charge in [0.15, 0.2) is 0 Å². The molecule has 1 fully saturated rings. The van der Waals surface area contributed by atoms with Gasteiger partial charge < -0.3 is 4.74 Å². The maximum Gasteiger partial charge on any atom is 0.120 e. The Kier molecular flexibility index (Phi) is 6.34. The fourth-order valence-electron chi connectivity index (χ4n) is 2.48. The lowest BCUT2D eigenvalue weighted by atomic mass is 10.00. The quantitative estimate of drug-likeness (QED) is 0.384. The maximum atomic E-state index is 5.85. The van der Waals surface area contributed by atoms with Gasteiger partial charge in [0.25, 0.3) is 0 Å². The molecule has 1 unspecified atom stereocenters. The highest BCUT2D eigenvalue weighted by atomic mass is 16.5. The smallest absolute Gasteiger partial charge is 0.120 e. The van der Waals surface area contributed by atoms with E-state index in [4.69, 9.17) is 10.6 Å². The van der Waals surface area contributed by atoms with E-state index in [2.05, 4.69) is 30.5 Å². The first-order valence-electron chi connectivity index (χ1n) is 8.06. The molecule has 0 amide bonds. The van der Waals surface area contributed by atoms with Crippen molar-refractivity contribution in [3.05, 3.63) is 29.8 Å². The van der Waals surface area contributed by atoms with Gasteiger partial charge in [-0.3, -0.25) is 11.3 Å². The van der Waals surface area contributed by atoms with Crippen molar-refractivity contribution in [1.29, 1.82) is 0 Å². The highest BCUT2D eigenvalue weighted by Gasteiger charge is 2.23. The fourth-order valence-corrected chi connectivity index (χ4v) is 2.48. The first kappa shape index (κ1) is 15.3. The van der Waals surface area contributed by atoms with Crippen molar-refractivity contribution in [3.8, 4) is 5.75 Å². The third kappa shape index (κ3) is 5.14. The summed E-state index contributed by atoms with van der Waals surface area (Å²) in [5.74, 6) is 6.70. The van der Waals surface area contributed by atoms with Crippen molar-refractivity contribution < 1.29 is 4.74 Å². The Bertz CT molecular complexity index is 390. The second kappa shape index (κ2) is 8.28. The van der Waals surface area contributed by atoms with Crippen molar-refractivity contribution in [2.75, 3.05) is 0 Å².